The molecule has 0 spiro atoms. The van der Waals surface area contributed by atoms with E-state index >= 15 is 0 Å². The predicted molar refractivity (Wildman–Crippen MR) is 122 cm³/mol. The lowest BCUT2D eigenvalue weighted by Crippen LogP contribution is -2.58. The molecule has 0 saturated carbocycles. The Hall–Kier alpha value is -2.97. The molecule has 1 unspecified atom stereocenters. The van der Waals surface area contributed by atoms with E-state index in [0.717, 1.165) is 50.0 Å². The van der Waals surface area contributed by atoms with Crippen LogP contribution in [0.5, 0.6) is 0 Å². The van der Waals surface area contributed by atoms with Gasteiger partial charge in [0.15, 0.2) is 17.4 Å². The topological polar surface area (TPSA) is 87.9 Å². The molecular formula is C23H31N7O. The Bertz CT molecular complexity index is 995. The summed E-state index contributed by atoms with van der Waals surface area (Å²) in [7, 11) is 1.79. The molecule has 8 heteroatoms. The quantitative estimate of drug-likeness (QED) is 0.401. The van der Waals surface area contributed by atoms with Gasteiger partial charge in [-0.15, -0.1) is 10.2 Å². The molecule has 1 aliphatic rings. The number of benzene rings is 1. The molecule has 1 aromatic carbocycles. The van der Waals surface area contributed by atoms with Crippen LogP contribution in [0.2, 0.25) is 0 Å². The van der Waals surface area contributed by atoms with Gasteiger partial charge in [-0.3, -0.25) is 9.39 Å². The zero-order chi connectivity index (χ0) is 21.5. The first-order valence-corrected chi connectivity index (χ1v) is 10.8. The number of nitrogens with zero attached hydrogens (tertiary/aromatic N) is 4. The van der Waals surface area contributed by atoms with Crippen LogP contribution in [0.15, 0.2) is 59.7 Å². The second-order valence-electron chi connectivity index (χ2n) is 7.99. The SMILES string of the molecule is CN=C(NCc1nnc2ccccn12)NCC1(NC(C)c2ccccc2)CCOCC1. The minimum Gasteiger partial charge on any atom is -0.381 e. The third-order valence-corrected chi connectivity index (χ3v) is 5.89. The number of hydrogen-bond acceptors (Lipinski definition) is 5. The van der Waals surface area contributed by atoms with Crippen LogP contribution in [0.25, 0.3) is 5.65 Å². The van der Waals surface area contributed by atoms with Crippen LogP contribution in [-0.4, -0.2) is 52.9 Å². The van der Waals surface area contributed by atoms with Crippen molar-refractivity contribution in [2.24, 2.45) is 4.99 Å². The Morgan fingerprint density at radius 1 is 1.10 bits per heavy atom. The summed E-state index contributed by atoms with van der Waals surface area (Å²) in [5.41, 5.74) is 2.06. The van der Waals surface area contributed by atoms with Gasteiger partial charge in [0, 0.05) is 44.6 Å². The summed E-state index contributed by atoms with van der Waals surface area (Å²) in [5, 5.41) is 19.2. The summed E-state index contributed by atoms with van der Waals surface area (Å²) in [6.07, 6.45) is 3.86. The number of aromatic nitrogens is 3. The lowest BCUT2D eigenvalue weighted by molar-refractivity contribution is 0.0355. The van der Waals surface area contributed by atoms with Crippen LogP contribution in [0.1, 0.15) is 37.2 Å². The number of pyridine rings is 1. The van der Waals surface area contributed by atoms with E-state index in [1.54, 1.807) is 7.05 Å². The summed E-state index contributed by atoms with van der Waals surface area (Å²) < 4.78 is 7.63. The Morgan fingerprint density at radius 2 is 1.87 bits per heavy atom. The lowest BCUT2D eigenvalue weighted by Gasteiger charge is -2.41. The molecule has 3 aromatic rings. The third-order valence-electron chi connectivity index (χ3n) is 5.89. The van der Waals surface area contributed by atoms with E-state index in [1.165, 1.54) is 5.56 Å². The molecule has 3 N–H and O–H groups in total. The first-order valence-electron chi connectivity index (χ1n) is 10.8. The molecule has 0 radical (unpaired) electrons. The van der Waals surface area contributed by atoms with Gasteiger partial charge in [0.2, 0.25) is 0 Å². The van der Waals surface area contributed by atoms with Gasteiger partial charge in [-0.2, -0.15) is 0 Å². The Labute approximate surface area is 183 Å². The molecule has 0 bridgehead atoms. The van der Waals surface area contributed by atoms with Crippen LogP contribution in [0.3, 0.4) is 0 Å². The number of ether oxygens (including phenoxy) is 1. The van der Waals surface area contributed by atoms with Gasteiger partial charge in [0.1, 0.15) is 0 Å². The lowest BCUT2D eigenvalue weighted by atomic mass is 9.88. The smallest absolute Gasteiger partial charge is 0.191 e. The van der Waals surface area contributed by atoms with E-state index in [2.05, 4.69) is 68.4 Å². The fourth-order valence-electron chi connectivity index (χ4n) is 4.07. The minimum absolute atomic E-state index is 0.0628. The molecule has 31 heavy (non-hydrogen) atoms. The maximum Gasteiger partial charge on any atom is 0.191 e. The van der Waals surface area contributed by atoms with Crippen LogP contribution in [0, 0.1) is 0 Å². The fraction of sp³-hybridized carbons (Fsp3) is 0.435. The van der Waals surface area contributed by atoms with Gasteiger partial charge < -0.3 is 20.7 Å². The highest BCUT2D eigenvalue weighted by Gasteiger charge is 2.34. The molecular weight excluding hydrogens is 390 g/mol. The minimum atomic E-state index is -0.0628. The number of nitrogens with one attached hydrogen (secondary N) is 3. The average molecular weight is 422 g/mol. The second-order valence-corrected chi connectivity index (χ2v) is 7.99. The maximum atomic E-state index is 5.65. The molecule has 1 fully saturated rings. The van der Waals surface area contributed by atoms with Gasteiger partial charge in [0.05, 0.1) is 6.54 Å². The van der Waals surface area contributed by atoms with E-state index in [9.17, 15) is 0 Å². The number of guanidine groups is 1. The fourth-order valence-corrected chi connectivity index (χ4v) is 4.07. The summed E-state index contributed by atoms with van der Waals surface area (Å²) in [5.74, 6) is 1.59. The van der Waals surface area contributed by atoms with E-state index in [1.807, 2.05) is 28.8 Å². The molecule has 2 aromatic heterocycles. The highest BCUT2D eigenvalue weighted by molar-refractivity contribution is 5.79. The largest absolute Gasteiger partial charge is 0.381 e. The molecule has 1 aliphatic heterocycles. The first-order chi connectivity index (χ1) is 15.2. The molecule has 1 saturated heterocycles. The molecule has 4 rings (SSSR count). The van der Waals surface area contributed by atoms with Gasteiger partial charge in [0.25, 0.3) is 0 Å². The number of fused-ring (bicyclic) bond motifs is 1. The van der Waals surface area contributed by atoms with E-state index in [-0.39, 0.29) is 11.6 Å². The maximum absolute atomic E-state index is 5.65. The number of hydrogen-bond donors (Lipinski definition) is 3. The van der Waals surface area contributed by atoms with Gasteiger partial charge >= 0.3 is 0 Å². The van der Waals surface area contributed by atoms with Gasteiger partial charge in [-0.05, 0) is 37.5 Å². The zero-order valence-corrected chi connectivity index (χ0v) is 18.2. The third kappa shape index (κ3) is 5.21. The highest BCUT2D eigenvalue weighted by atomic mass is 16.5. The van der Waals surface area contributed by atoms with Crippen molar-refractivity contribution >= 4 is 11.6 Å². The van der Waals surface area contributed by atoms with Crippen molar-refractivity contribution in [2.75, 3.05) is 26.8 Å². The van der Waals surface area contributed by atoms with Crippen LogP contribution in [-0.2, 0) is 11.3 Å². The Balaban J connectivity index is 1.38. The number of aliphatic imine (C=N–C) groups is 1. The highest BCUT2D eigenvalue weighted by Crippen LogP contribution is 2.25. The van der Waals surface area contributed by atoms with Gasteiger partial charge in [-0.1, -0.05) is 36.4 Å². The van der Waals surface area contributed by atoms with E-state index in [0.29, 0.717) is 6.54 Å². The van der Waals surface area contributed by atoms with Crippen LogP contribution >= 0.6 is 0 Å². The van der Waals surface area contributed by atoms with Crippen molar-refractivity contribution < 1.29 is 4.74 Å². The summed E-state index contributed by atoms with van der Waals surface area (Å²) >= 11 is 0. The van der Waals surface area contributed by atoms with Crippen LogP contribution < -0.4 is 16.0 Å². The standard InChI is InChI=1S/C23H31N7O/c1-18(19-8-4-3-5-9-19)27-23(11-14-31-15-12-23)17-26-22(24-2)25-16-21-29-28-20-10-6-7-13-30(20)21/h3-10,13,18,27H,11-12,14-17H2,1-2H3,(H2,24,25,26). The van der Waals surface area contributed by atoms with Crippen molar-refractivity contribution in [3.05, 3.63) is 66.1 Å². The summed E-state index contributed by atoms with van der Waals surface area (Å²) in [6.45, 7) is 5.03. The summed E-state index contributed by atoms with van der Waals surface area (Å²) in [4.78, 5) is 4.40. The van der Waals surface area contributed by atoms with Crippen molar-refractivity contribution in [1.29, 1.82) is 0 Å². The normalized spacial score (nSPS) is 17.4. The monoisotopic (exact) mass is 421 g/mol. The number of rotatable bonds is 7. The molecule has 164 valence electrons. The molecule has 0 amide bonds. The van der Waals surface area contributed by atoms with Crippen molar-refractivity contribution in [1.82, 2.24) is 30.5 Å². The molecule has 8 nitrogen and oxygen atoms in total. The van der Waals surface area contributed by atoms with E-state index in [4.69, 9.17) is 4.74 Å². The van der Waals surface area contributed by atoms with Crippen LogP contribution in [0.4, 0.5) is 0 Å². The van der Waals surface area contributed by atoms with Crippen molar-refractivity contribution in [2.45, 2.75) is 37.9 Å². The van der Waals surface area contributed by atoms with Crippen molar-refractivity contribution in [3.8, 4) is 0 Å². The second kappa shape index (κ2) is 9.89. The van der Waals surface area contributed by atoms with Gasteiger partial charge in [-0.25, -0.2) is 0 Å². The van der Waals surface area contributed by atoms with E-state index < -0.39 is 0 Å². The zero-order valence-electron chi connectivity index (χ0n) is 18.2. The molecule has 0 aliphatic carbocycles. The predicted octanol–water partition coefficient (Wildman–Crippen LogP) is 2.29. The molecule has 3 heterocycles. The Kier molecular flexibility index (Phi) is 6.79. The average Bonchev–Trinajstić information content (AvgIpc) is 3.23. The summed E-state index contributed by atoms with van der Waals surface area (Å²) in [6, 6.07) is 16.7. The van der Waals surface area contributed by atoms with Crippen molar-refractivity contribution in [3.63, 3.8) is 0 Å². The Morgan fingerprint density at radius 3 is 2.65 bits per heavy atom. The first kappa shape index (κ1) is 21.3. The molecule has 1 atom stereocenters.